The highest BCUT2D eigenvalue weighted by Crippen LogP contribution is 2.20. The Hall–Kier alpha value is -2.20. The molecule has 2 aromatic rings. The van der Waals surface area contributed by atoms with Crippen molar-refractivity contribution in [2.75, 3.05) is 0 Å². The molecule has 3 N–H and O–H groups in total. The fourth-order valence-corrected chi connectivity index (χ4v) is 1.84. The Bertz CT molecular complexity index is 581. The van der Waals surface area contributed by atoms with E-state index in [9.17, 15) is 9.18 Å². The molecule has 1 atom stereocenters. The van der Waals surface area contributed by atoms with E-state index in [-0.39, 0.29) is 12.2 Å². The van der Waals surface area contributed by atoms with Gasteiger partial charge in [0.2, 0.25) is 0 Å². The average Bonchev–Trinajstić information content (AvgIpc) is 2.39. The first-order valence-electron chi connectivity index (χ1n) is 5.89. The van der Waals surface area contributed by atoms with Gasteiger partial charge in [-0.25, -0.2) is 4.39 Å². The van der Waals surface area contributed by atoms with Crippen LogP contribution < -0.4 is 5.73 Å². The van der Waals surface area contributed by atoms with E-state index < -0.39 is 12.0 Å². The third-order valence-corrected chi connectivity index (χ3v) is 2.88. The lowest BCUT2D eigenvalue weighted by molar-refractivity contribution is -0.138. The van der Waals surface area contributed by atoms with Crippen molar-refractivity contribution in [2.24, 2.45) is 5.73 Å². The standard InChI is InChI=1S/C15H14FNO2/c16-13-3-1-2-12(9-13)11-6-4-10(5-7-11)8-14(17)15(18)19/h1-7,9,14H,8,17H2,(H,18,19)/t14-/m0/s1. The molecule has 0 heterocycles. The van der Waals surface area contributed by atoms with Gasteiger partial charge in [0.1, 0.15) is 11.9 Å². The molecule has 2 rings (SSSR count). The Morgan fingerprint density at radius 2 is 1.84 bits per heavy atom. The first-order chi connectivity index (χ1) is 9.06. The Balaban J connectivity index is 2.17. The number of halogens is 1. The molecule has 0 fully saturated rings. The molecule has 0 spiro atoms. The minimum atomic E-state index is -1.02. The summed E-state index contributed by atoms with van der Waals surface area (Å²) in [5.74, 6) is -1.30. The SMILES string of the molecule is N[C@@H](Cc1ccc(-c2cccc(F)c2)cc1)C(=O)O. The molecule has 0 unspecified atom stereocenters. The van der Waals surface area contributed by atoms with Crippen LogP contribution in [0.4, 0.5) is 4.39 Å². The predicted octanol–water partition coefficient (Wildman–Crippen LogP) is 2.45. The summed E-state index contributed by atoms with van der Waals surface area (Å²) in [6, 6.07) is 12.7. The number of benzene rings is 2. The van der Waals surface area contributed by atoms with Crippen molar-refractivity contribution in [3.8, 4) is 11.1 Å². The van der Waals surface area contributed by atoms with Crippen LogP contribution in [-0.4, -0.2) is 17.1 Å². The molecule has 0 amide bonds. The highest BCUT2D eigenvalue weighted by molar-refractivity contribution is 5.73. The number of hydrogen-bond donors (Lipinski definition) is 2. The van der Waals surface area contributed by atoms with Crippen molar-refractivity contribution in [1.82, 2.24) is 0 Å². The number of carboxylic acid groups (broad SMARTS) is 1. The first kappa shape index (κ1) is 13.2. The number of carboxylic acids is 1. The fraction of sp³-hybridized carbons (Fsp3) is 0.133. The van der Waals surface area contributed by atoms with Crippen LogP contribution in [0, 0.1) is 5.82 Å². The summed E-state index contributed by atoms with van der Waals surface area (Å²) in [5, 5.41) is 8.74. The van der Waals surface area contributed by atoms with Gasteiger partial charge in [0.05, 0.1) is 0 Å². The van der Waals surface area contributed by atoms with Gasteiger partial charge in [-0.2, -0.15) is 0 Å². The molecule has 2 aromatic carbocycles. The van der Waals surface area contributed by atoms with Crippen molar-refractivity contribution < 1.29 is 14.3 Å². The maximum Gasteiger partial charge on any atom is 0.320 e. The number of carbonyl (C=O) groups is 1. The van der Waals surface area contributed by atoms with Gasteiger partial charge in [-0.05, 0) is 35.2 Å². The second-order valence-electron chi connectivity index (χ2n) is 4.36. The van der Waals surface area contributed by atoms with Gasteiger partial charge in [-0.1, -0.05) is 36.4 Å². The lowest BCUT2D eigenvalue weighted by Gasteiger charge is -2.07. The van der Waals surface area contributed by atoms with Crippen LogP contribution in [0.15, 0.2) is 48.5 Å². The Kier molecular flexibility index (Phi) is 3.92. The van der Waals surface area contributed by atoms with Gasteiger partial charge in [0.25, 0.3) is 0 Å². The summed E-state index contributed by atoms with van der Waals surface area (Å²) >= 11 is 0. The van der Waals surface area contributed by atoms with Crippen LogP contribution in [0.5, 0.6) is 0 Å². The summed E-state index contributed by atoms with van der Waals surface area (Å²) in [6.07, 6.45) is 0.277. The van der Waals surface area contributed by atoms with Crippen LogP contribution >= 0.6 is 0 Å². The average molecular weight is 259 g/mol. The minimum absolute atomic E-state index is 0.277. The molecular weight excluding hydrogens is 245 g/mol. The summed E-state index contributed by atoms with van der Waals surface area (Å²) in [6.45, 7) is 0. The monoisotopic (exact) mass is 259 g/mol. The molecule has 0 saturated carbocycles. The topological polar surface area (TPSA) is 63.3 Å². The number of aliphatic carboxylic acids is 1. The van der Waals surface area contributed by atoms with Gasteiger partial charge in [0, 0.05) is 0 Å². The molecule has 0 aromatic heterocycles. The summed E-state index contributed by atoms with van der Waals surface area (Å²) in [4.78, 5) is 10.7. The van der Waals surface area contributed by atoms with Gasteiger partial charge in [0.15, 0.2) is 0 Å². The van der Waals surface area contributed by atoms with E-state index >= 15 is 0 Å². The molecule has 0 aliphatic heterocycles. The van der Waals surface area contributed by atoms with E-state index in [1.165, 1.54) is 12.1 Å². The first-order valence-corrected chi connectivity index (χ1v) is 5.89. The molecule has 0 aliphatic carbocycles. The Labute approximate surface area is 110 Å². The van der Waals surface area contributed by atoms with Crippen molar-refractivity contribution in [3.63, 3.8) is 0 Å². The third kappa shape index (κ3) is 3.39. The number of hydrogen-bond acceptors (Lipinski definition) is 2. The normalized spacial score (nSPS) is 12.1. The summed E-state index contributed by atoms with van der Waals surface area (Å²) in [7, 11) is 0. The van der Waals surface area contributed by atoms with E-state index in [4.69, 9.17) is 10.8 Å². The lowest BCUT2D eigenvalue weighted by Crippen LogP contribution is -2.32. The second kappa shape index (κ2) is 5.63. The number of rotatable bonds is 4. The minimum Gasteiger partial charge on any atom is -0.480 e. The maximum absolute atomic E-state index is 13.1. The highest BCUT2D eigenvalue weighted by Gasteiger charge is 2.11. The van der Waals surface area contributed by atoms with Crippen molar-refractivity contribution in [1.29, 1.82) is 0 Å². The zero-order valence-electron chi connectivity index (χ0n) is 10.2. The van der Waals surface area contributed by atoms with Gasteiger partial charge in [-0.15, -0.1) is 0 Å². The molecule has 4 heteroatoms. The molecule has 19 heavy (non-hydrogen) atoms. The highest BCUT2D eigenvalue weighted by atomic mass is 19.1. The van der Waals surface area contributed by atoms with Crippen LogP contribution in [0.25, 0.3) is 11.1 Å². The zero-order chi connectivity index (χ0) is 13.8. The maximum atomic E-state index is 13.1. The molecule has 0 bridgehead atoms. The zero-order valence-corrected chi connectivity index (χ0v) is 10.2. The van der Waals surface area contributed by atoms with Crippen LogP contribution in [0.3, 0.4) is 0 Å². The van der Waals surface area contributed by atoms with Gasteiger partial charge < -0.3 is 10.8 Å². The molecule has 0 saturated heterocycles. The molecule has 98 valence electrons. The van der Waals surface area contributed by atoms with Crippen LogP contribution in [0.2, 0.25) is 0 Å². The van der Waals surface area contributed by atoms with Crippen LogP contribution in [0.1, 0.15) is 5.56 Å². The van der Waals surface area contributed by atoms with Gasteiger partial charge in [-0.3, -0.25) is 4.79 Å². The van der Waals surface area contributed by atoms with E-state index in [0.29, 0.717) is 0 Å². The van der Waals surface area contributed by atoms with Gasteiger partial charge >= 0.3 is 5.97 Å². The summed E-state index contributed by atoms with van der Waals surface area (Å²) < 4.78 is 13.1. The van der Waals surface area contributed by atoms with E-state index in [1.54, 1.807) is 6.07 Å². The van der Waals surface area contributed by atoms with Crippen molar-refractivity contribution >= 4 is 5.97 Å². The molecule has 0 aliphatic rings. The van der Waals surface area contributed by atoms with Crippen molar-refractivity contribution in [3.05, 3.63) is 59.9 Å². The fourth-order valence-electron chi connectivity index (χ4n) is 1.84. The van der Waals surface area contributed by atoms with Crippen molar-refractivity contribution in [2.45, 2.75) is 12.5 Å². The largest absolute Gasteiger partial charge is 0.480 e. The van der Waals surface area contributed by atoms with E-state index in [1.807, 2.05) is 30.3 Å². The molecule has 0 radical (unpaired) electrons. The third-order valence-electron chi connectivity index (χ3n) is 2.88. The van der Waals surface area contributed by atoms with E-state index in [2.05, 4.69) is 0 Å². The smallest absolute Gasteiger partial charge is 0.320 e. The molecule has 3 nitrogen and oxygen atoms in total. The molecular formula is C15H14FNO2. The quantitative estimate of drug-likeness (QED) is 0.886. The Morgan fingerprint density at radius 3 is 2.42 bits per heavy atom. The number of nitrogens with two attached hydrogens (primary N) is 1. The lowest BCUT2D eigenvalue weighted by atomic mass is 10.0. The summed E-state index contributed by atoms with van der Waals surface area (Å²) in [5.41, 5.74) is 7.98. The second-order valence-corrected chi connectivity index (χ2v) is 4.36. The Morgan fingerprint density at radius 1 is 1.16 bits per heavy atom. The van der Waals surface area contributed by atoms with Crippen LogP contribution in [-0.2, 0) is 11.2 Å². The predicted molar refractivity (Wildman–Crippen MR) is 71.2 cm³/mol. The van der Waals surface area contributed by atoms with E-state index in [0.717, 1.165) is 16.7 Å².